The molecule has 5 rings (SSSR count). The van der Waals surface area contributed by atoms with E-state index in [4.69, 9.17) is 11.6 Å². The fourth-order valence-electron chi connectivity index (χ4n) is 3.61. The van der Waals surface area contributed by atoms with E-state index in [1.54, 1.807) is 18.6 Å². The maximum atomic E-state index is 6.14. The summed E-state index contributed by atoms with van der Waals surface area (Å²) in [5.41, 5.74) is 4.64. The third-order valence-corrected chi connectivity index (χ3v) is 5.39. The second-order valence-corrected chi connectivity index (χ2v) is 7.70. The maximum absolute atomic E-state index is 6.14. The molecule has 0 radical (unpaired) electrons. The minimum Gasteiger partial charge on any atom is -0.340 e. The Labute approximate surface area is 190 Å². The van der Waals surface area contributed by atoms with Crippen LogP contribution in [-0.2, 0) is 0 Å². The second-order valence-electron chi connectivity index (χ2n) is 7.27. The van der Waals surface area contributed by atoms with Crippen molar-refractivity contribution in [3.8, 4) is 11.3 Å². The van der Waals surface area contributed by atoms with Crippen LogP contribution in [0.1, 0.15) is 5.56 Å². The summed E-state index contributed by atoms with van der Waals surface area (Å²) in [6, 6.07) is 19.5. The molecule has 0 atom stereocenters. The molecule has 156 valence electrons. The van der Waals surface area contributed by atoms with Crippen molar-refractivity contribution in [3.63, 3.8) is 0 Å². The maximum Gasteiger partial charge on any atom is 0.139 e. The Kier molecular flexibility index (Phi) is 5.35. The van der Waals surface area contributed by atoms with Crippen molar-refractivity contribution in [1.82, 2.24) is 19.9 Å². The summed E-state index contributed by atoms with van der Waals surface area (Å²) in [6.07, 6.45) is 6.82. The summed E-state index contributed by atoms with van der Waals surface area (Å²) in [4.78, 5) is 17.5. The molecule has 5 aromatic rings. The predicted molar refractivity (Wildman–Crippen MR) is 130 cm³/mol. The van der Waals surface area contributed by atoms with Crippen LogP contribution >= 0.6 is 11.6 Å². The monoisotopic (exact) mass is 438 g/mol. The molecule has 0 unspecified atom stereocenters. The fourth-order valence-corrected chi connectivity index (χ4v) is 3.80. The molecule has 0 amide bonds. The number of fused-ring (bicyclic) bond motifs is 1. The van der Waals surface area contributed by atoms with Crippen molar-refractivity contribution in [2.24, 2.45) is 0 Å². The van der Waals surface area contributed by atoms with Crippen molar-refractivity contribution in [1.29, 1.82) is 0 Å². The zero-order valence-electron chi connectivity index (χ0n) is 17.2. The van der Waals surface area contributed by atoms with Crippen LogP contribution in [0.25, 0.3) is 22.0 Å². The van der Waals surface area contributed by atoms with Crippen LogP contribution in [0.15, 0.2) is 85.6 Å². The Hall–Kier alpha value is -4.03. The van der Waals surface area contributed by atoms with Gasteiger partial charge in [0.15, 0.2) is 0 Å². The smallest absolute Gasteiger partial charge is 0.139 e. The predicted octanol–water partition coefficient (Wildman–Crippen LogP) is 6.54. The molecule has 0 bridgehead atoms. The Bertz CT molecular complexity index is 1400. The molecule has 6 nitrogen and oxygen atoms in total. The minimum atomic E-state index is 0.667. The van der Waals surface area contributed by atoms with Gasteiger partial charge < -0.3 is 10.6 Å². The van der Waals surface area contributed by atoms with Gasteiger partial charge in [0.25, 0.3) is 0 Å². The average molecular weight is 439 g/mol. The van der Waals surface area contributed by atoms with Crippen molar-refractivity contribution in [2.75, 3.05) is 10.6 Å². The molecule has 2 aromatic carbocycles. The number of benzene rings is 2. The normalized spacial score (nSPS) is 10.8. The van der Waals surface area contributed by atoms with Crippen LogP contribution in [0.5, 0.6) is 0 Å². The van der Waals surface area contributed by atoms with Crippen LogP contribution in [0.4, 0.5) is 23.0 Å². The largest absolute Gasteiger partial charge is 0.340 e. The molecule has 2 N–H and O–H groups in total. The van der Waals surface area contributed by atoms with Crippen LogP contribution in [0.2, 0.25) is 5.02 Å². The Balaban J connectivity index is 1.58. The SMILES string of the molecule is Cc1ccc2c(Nc3cccc(Cl)c3)nccc2c1Nc1ncccc1-c1ccncn1. The number of hydrogen-bond acceptors (Lipinski definition) is 6. The van der Waals surface area contributed by atoms with Crippen LogP contribution in [0.3, 0.4) is 0 Å². The standard InChI is InChI=1S/C25H19ClN6/c1-16-7-8-20-19(9-13-29-24(20)31-18-5-2-4-17(26)14-18)23(16)32-25-21(6-3-11-28-25)22-10-12-27-15-30-22/h2-15H,1H3,(H,28,32)(H,29,31). The van der Waals surface area contributed by atoms with Crippen molar-refractivity contribution >= 4 is 45.4 Å². The minimum absolute atomic E-state index is 0.667. The molecule has 3 aromatic heterocycles. The molecule has 32 heavy (non-hydrogen) atoms. The van der Waals surface area contributed by atoms with E-state index in [1.165, 1.54) is 6.33 Å². The van der Waals surface area contributed by atoms with Gasteiger partial charge in [0.2, 0.25) is 0 Å². The van der Waals surface area contributed by atoms with E-state index < -0.39 is 0 Å². The van der Waals surface area contributed by atoms with Crippen molar-refractivity contribution in [3.05, 3.63) is 96.2 Å². The van der Waals surface area contributed by atoms with Gasteiger partial charge >= 0.3 is 0 Å². The highest BCUT2D eigenvalue weighted by Gasteiger charge is 2.13. The summed E-state index contributed by atoms with van der Waals surface area (Å²) < 4.78 is 0. The van der Waals surface area contributed by atoms with Gasteiger partial charge in [-0.3, -0.25) is 0 Å². The van der Waals surface area contributed by atoms with Gasteiger partial charge in [-0.05, 0) is 55.0 Å². The fraction of sp³-hybridized carbons (Fsp3) is 0.0400. The molecule has 0 aliphatic heterocycles. The van der Waals surface area contributed by atoms with Crippen LogP contribution < -0.4 is 10.6 Å². The quantitative estimate of drug-likeness (QED) is 0.324. The van der Waals surface area contributed by atoms with Crippen LogP contribution in [-0.4, -0.2) is 19.9 Å². The second kappa shape index (κ2) is 8.61. The Morgan fingerprint density at radius 2 is 1.66 bits per heavy atom. The van der Waals surface area contributed by atoms with Gasteiger partial charge in [-0.1, -0.05) is 29.8 Å². The highest BCUT2D eigenvalue weighted by molar-refractivity contribution is 6.30. The lowest BCUT2D eigenvalue weighted by Crippen LogP contribution is -2.01. The molecule has 0 fully saturated rings. The topological polar surface area (TPSA) is 75.6 Å². The summed E-state index contributed by atoms with van der Waals surface area (Å²) in [7, 11) is 0. The zero-order valence-corrected chi connectivity index (χ0v) is 18.0. The first-order valence-electron chi connectivity index (χ1n) is 10.1. The summed E-state index contributed by atoms with van der Waals surface area (Å²) in [5.74, 6) is 1.48. The van der Waals surface area contributed by atoms with Gasteiger partial charge in [0, 0.05) is 45.6 Å². The van der Waals surface area contributed by atoms with Crippen LogP contribution in [0, 0.1) is 6.92 Å². The Morgan fingerprint density at radius 1 is 0.750 bits per heavy atom. The first kappa shape index (κ1) is 19.9. The molecule has 0 saturated heterocycles. The van der Waals surface area contributed by atoms with Gasteiger partial charge in [-0.25, -0.2) is 19.9 Å². The van der Waals surface area contributed by atoms with Gasteiger partial charge in [0.05, 0.1) is 11.4 Å². The summed E-state index contributed by atoms with van der Waals surface area (Å²) >= 11 is 6.14. The number of halogens is 1. The lowest BCUT2D eigenvalue weighted by Gasteiger charge is -2.16. The van der Waals surface area contributed by atoms with E-state index >= 15 is 0 Å². The zero-order chi connectivity index (χ0) is 21.9. The summed E-state index contributed by atoms with van der Waals surface area (Å²) in [5, 5.41) is 9.60. The lowest BCUT2D eigenvalue weighted by atomic mass is 10.0. The van der Waals surface area contributed by atoms with Crippen molar-refractivity contribution < 1.29 is 0 Å². The van der Waals surface area contributed by atoms with Gasteiger partial charge in [0.1, 0.15) is 18.0 Å². The van der Waals surface area contributed by atoms with E-state index in [9.17, 15) is 0 Å². The molecular weight excluding hydrogens is 420 g/mol. The number of pyridine rings is 2. The molecule has 0 aliphatic carbocycles. The highest BCUT2D eigenvalue weighted by atomic mass is 35.5. The van der Waals surface area contributed by atoms with E-state index in [-0.39, 0.29) is 0 Å². The summed E-state index contributed by atoms with van der Waals surface area (Å²) in [6.45, 7) is 2.07. The number of hydrogen-bond donors (Lipinski definition) is 2. The highest BCUT2D eigenvalue weighted by Crippen LogP contribution is 2.35. The number of nitrogens with zero attached hydrogens (tertiary/aromatic N) is 4. The van der Waals surface area contributed by atoms with E-state index in [0.717, 1.165) is 50.6 Å². The molecule has 7 heteroatoms. The lowest BCUT2D eigenvalue weighted by molar-refractivity contribution is 1.17. The third-order valence-electron chi connectivity index (χ3n) is 5.15. The first-order chi connectivity index (χ1) is 15.7. The Morgan fingerprint density at radius 3 is 2.50 bits per heavy atom. The first-order valence-corrected chi connectivity index (χ1v) is 10.5. The van der Waals surface area contributed by atoms with Gasteiger partial charge in [-0.2, -0.15) is 0 Å². The third kappa shape index (κ3) is 3.96. The van der Waals surface area contributed by atoms with E-state index in [0.29, 0.717) is 5.02 Å². The number of aromatic nitrogens is 4. The molecule has 0 aliphatic rings. The molecular formula is C25H19ClN6. The number of aryl methyl sites for hydroxylation is 1. The number of rotatable bonds is 5. The molecule has 3 heterocycles. The molecule has 0 spiro atoms. The average Bonchev–Trinajstić information content (AvgIpc) is 2.82. The number of nitrogens with one attached hydrogen (secondary N) is 2. The van der Waals surface area contributed by atoms with Gasteiger partial charge in [-0.15, -0.1) is 0 Å². The number of anilines is 4. The molecule has 0 saturated carbocycles. The van der Waals surface area contributed by atoms with E-state index in [2.05, 4.69) is 49.6 Å². The van der Waals surface area contributed by atoms with Crippen molar-refractivity contribution in [2.45, 2.75) is 6.92 Å². The van der Waals surface area contributed by atoms with E-state index in [1.807, 2.05) is 48.5 Å².